The van der Waals surface area contributed by atoms with Crippen molar-refractivity contribution < 1.29 is 18.1 Å². The van der Waals surface area contributed by atoms with Gasteiger partial charge in [-0.2, -0.15) is 0 Å². The molecule has 1 aliphatic rings. The molecule has 0 atom stereocenters. The Morgan fingerprint density at radius 2 is 1.71 bits per heavy atom. The summed E-state index contributed by atoms with van der Waals surface area (Å²) in [6, 6.07) is 0. The van der Waals surface area contributed by atoms with Gasteiger partial charge in [-0.3, -0.25) is 4.79 Å². The molecule has 1 aliphatic carbocycles. The van der Waals surface area contributed by atoms with E-state index in [0.717, 1.165) is 12.8 Å². The Hall–Kier alpha value is -0.393. The summed E-state index contributed by atoms with van der Waals surface area (Å²) in [6.45, 7) is 0.452. The molecule has 1 rings (SSSR count). The quantitative estimate of drug-likeness (QED) is 0.520. The third-order valence-electron chi connectivity index (χ3n) is 2.89. The highest BCUT2D eigenvalue weighted by atomic mass is 28.4. The molecule has 1 fully saturated rings. The van der Waals surface area contributed by atoms with Gasteiger partial charge in [-0.05, 0) is 12.8 Å². The minimum Gasteiger partial charge on any atom is -0.475 e. The lowest BCUT2D eigenvalue weighted by Crippen LogP contribution is -2.48. The molecule has 1 saturated carbocycles. The van der Waals surface area contributed by atoms with Gasteiger partial charge in [0, 0.05) is 19.8 Å². The molecular weight excluding hydrogens is 200 g/mol. The van der Waals surface area contributed by atoms with E-state index in [1.165, 1.54) is 19.3 Å². The van der Waals surface area contributed by atoms with E-state index in [2.05, 4.69) is 0 Å². The zero-order chi connectivity index (χ0) is 10.4. The van der Waals surface area contributed by atoms with E-state index in [-0.39, 0.29) is 5.54 Å². The van der Waals surface area contributed by atoms with Crippen LogP contribution in [-0.4, -0.2) is 29.5 Å². The fourth-order valence-electron chi connectivity index (χ4n) is 2.13. The number of hydrogen-bond donors (Lipinski definition) is 0. The second-order valence-electron chi connectivity index (χ2n) is 3.56. The molecule has 0 unspecified atom stereocenters. The Labute approximate surface area is 85.9 Å². The van der Waals surface area contributed by atoms with Crippen molar-refractivity contribution in [1.29, 1.82) is 0 Å². The highest BCUT2D eigenvalue weighted by Crippen LogP contribution is 2.37. The predicted molar refractivity (Wildman–Crippen MR) is 53.8 cm³/mol. The molecule has 4 nitrogen and oxygen atoms in total. The molecule has 5 heteroatoms. The van der Waals surface area contributed by atoms with Crippen LogP contribution in [0.25, 0.3) is 0 Å². The maximum atomic E-state index is 10.4. The van der Waals surface area contributed by atoms with Gasteiger partial charge in [-0.25, -0.2) is 0 Å². The van der Waals surface area contributed by atoms with Gasteiger partial charge < -0.3 is 13.3 Å². The minimum atomic E-state index is -2.71. The van der Waals surface area contributed by atoms with Crippen LogP contribution in [0.5, 0.6) is 0 Å². The van der Waals surface area contributed by atoms with Crippen LogP contribution in [0.1, 0.15) is 32.1 Å². The fourth-order valence-corrected chi connectivity index (χ4v) is 4.60. The molecule has 0 bridgehead atoms. The van der Waals surface area contributed by atoms with Gasteiger partial charge in [-0.15, -0.1) is 0 Å². The van der Waals surface area contributed by atoms with Gasteiger partial charge in [0.05, 0.1) is 0 Å². The van der Waals surface area contributed by atoms with Gasteiger partial charge >= 0.3 is 8.80 Å². The normalized spacial score (nSPS) is 19.3. The van der Waals surface area contributed by atoms with Crippen molar-refractivity contribution in [3.63, 3.8) is 0 Å². The van der Waals surface area contributed by atoms with Crippen molar-refractivity contribution in [2.45, 2.75) is 37.6 Å². The van der Waals surface area contributed by atoms with Crippen molar-refractivity contribution in [3.05, 3.63) is 0 Å². The molecule has 0 aromatic heterocycles. The minimum absolute atomic E-state index is 0.288. The summed E-state index contributed by atoms with van der Waals surface area (Å²) < 4.78 is 15.7. The molecule has 0 heterocycles. The second-order valence-corrected chi connectivity index (χ2v) is 6.64. The maximum Gasteiger partial charge on any atom is 0.570 e. The Kier molecular flexibility index (Phi) is 4.57. The second kappa shape index (κ2) is 5.48. The van der Waals surface area contributed by atoms with E-state index in [9.17, 15) is 4.79 Å². The lowest BCUT2D eigenvalue weighted by molar-refractivity contribution is -0.125. The third-order valence-corrected chi connectivity index (χ3v) is 6.03. The Balaban J connectivity index is 2.67. The molecule has 0 aromatic rings. The molecule has 14 heavy (non-hydrogen) atoms. The summed E-state index contributed by atoms with van der Waals surface area (Å²) in [6.07, 6.45) is 5.70. The summed E-state index contributed by atoms with van der Waals surface area (Å²) in [4.78, 5) is 10.4. The monoisotopic (exact) mass is 218 g/mol. The van der Waals surface area contributed by atoms with Crippen LogP contribution in [0.2, 0.25) is 5.54 Å². The number of rotatable bonds is 5. The van der Waals surface area contributed by atoms with Crippen LogP contribution in [-0.2, 0) is 18.1 Å². The highest BCUT2D eigenvalue weighted by Gasteiger charge is 2.50. The largest absolute Gasteiger partial charge is 0.570 e. The zero-order valence-electron chi connectivity index (χ0n) is 8.82. The van der Waals surface area contributed by atoms with E-state index >= 15 is 0 Å². The Morgan fingerprint density at radius 1 is 1.14 bits per heavy atom. The maximum absolute atomic E-state index is 10.4. The summed E-state index contributed by atoms with van der Waals surface area (Å²) in [5.41, 5.74) is 0.288. The first-order valence-corrected chi connectivity index (χ1v) is 6.81. The molecule has 0 spiro atoms. The number of hydrogen-bond acceptors (Lipinski definition) is 4. The van der Waals surface area contributed by atoms with Gasteiger partial charge in [0.1, 0.15) is 0 Å². The summed E-state index contributed by atoms with van der Waals surface area (Å²) in [7, 11) is 0.416. The number of carbonyl (C=O) groups excluding carboxylic acids is 1. The van der Waals surface area contributed by atoms with Crippen molar-refractivity contribution >= 4 is 15.3 Å². The first-order chi connectivity index (χ1) is 6.79. The van der Waals surface area contributed by atoms with E-state index < -0.39 is 8.80 Å². The Bertz CT molecular complexity index is 176. The van der Waals surface area contributed by atoms with E-state index in [4.69, 9.17) is 13.3 Å². The highest BCUT2D eigenvalue weighted by molar-refractivity contribution is 6.63. The van der Waals surface area contributed by atoms with E-state index in [1.807, 2.05) is 0 Å². The number of carbonyl (C=O) groups is 1. The van der Waals surface area contributed by atoms with Crippen LogP contribution in [0.15, 0.2) is 0 Å². The molecular formula is C9H18O4Si. The van der Waals surface area contributed by atoms with E-state index in [0.29, 0.717) is 6.47 Å². The van der Waals surface area contributed by atoms with Crippen molar-refractivity contribution in [2.75, 3.05) is 14.2 Å². The molecule has 0 saturated heterocycles. The molecule has 0 aromatic carbocycles. The molecule has 0 aliphatic heterocycles. The van der Waals surface area contributed by atoms with E-state index in [1.54, 1.807) is 14.2 Å². The van der Waals surface area contributed by atoms with Crippen LogP contribution in [0, 0.1) is 0 Å². The first-order valence-electron chi connectivity index (χ1n) is 5.01. The van der Waals surface area contributed by atoms with Crippen molar-refractivity contribution in [3.8, 4) is 0 Å². The van der Waals surface area contributed by atoms with Gasteiger partial charge in [0.25, 0.3) is 6.47 Å². The third kappa shape index (κ3) is 2.34. The molecule has 0 radical (unpaired) electrons. The average molecular weight is 218 g/mol. The first kappa shape index (κ1) is 11.7. The zero-order valence-corrected chi connectivity index (χ0v) is 9.82. The summed E-state index contributed by atoms with van der Waals surface area (Å²) in [5, 5.41) is 0. The van der Waals surface area contributed by atoms with Gasteiger partial charge in [-0.1, -0.05) is 19.3 Å². The lowest BCUT2D eigenvalue weighted by atomic mass is 10.0. The van der Waals surface area contributed by atoms with Crippen LogP contribution < -0.4 is 0 Å². The standard InChI is InChI=1S/C9H18O4Si/c1-11-14(12-2,13-8-10)9-6-4-3-5-7-9/h8-9H,3-7H2,1-2H3. The van der Waals surface area contributed by atoms with Crippen molar-refractivity contribution in [2.24, 2.45) is 0 Å². The van der Waals surface area contributed by atoms with Gasteiger partial charge in [0.15, 0.2) is 0 Å². The topological polar surface area (TPSA) is 44.8 Å². The lowest BCUT2D eigenvalue weighted by Gasteiger charge is -2.33. The summed E-state index contributed by atoms with van der Waals surface area (Å²) in [5.74, 6) is 0. The predicted octanol–water partition coefficient (Wildman–Crippen LogP) is 1.73. The van der Waals surface area contributed by atoms with Crippen molar-refractivity contribution in [1.82, 2.24) is 0 Å². The van der Waals surface area contributed by atoms with Crippen LogP contribution >= 0.6 is 0 Å². The SMILES string of the molecule is CO[Si](OC)(OC=O)C1CCCCC1. The molecule has 0 N–H and O–H groups in total. The fraction of sp³-hybridized carbons (Fsp3) is 0.889. The van der Waals surface area contributed by atoms with Gasteiger partial charge in [0.2, 0.25) is 0 Å². The van der Waals surface area contributed by atoms with Crippen LogP contribution in [0.3, 0.4) is 0 Å². The summed E-state index contributed by atoms with van der Waals surface area (Å²) >= 11 is 0. The average Bonchev–Trinajstić information content (AvgIpc) is 2.27. The van der Waals surface area contributed by atoms with Crippen LogP contribution in [0.4, 0.5) is 0 Å². The smallest absolute Gasteiger partial charge is 0.475 e. The molecule has 0 amide bonds. The Morgan fingerprint density at radius 3 is 2.14 bits per heavy atom. The molecule has 82 valence electrons.